The first-order chi connectivity index (χ1) is 8.66. The summed E-state index contributed by atoms with van der Waals surface area (Å²) < 4.78 is 5.69. The molecule has 0 aliphatic carbocycles. The summed E-state index contributed by atoms with van der Waals surface area (Å²) in [4.78, 5) is 13.9. The number of halogens is 1. The average molecular weight is 268 g/mol. The number of hydrogen-bond donors (Lipinski definition) is 0. The number of carbonyl (C=O) groups is 1. The highest BCUT2D eigenvalue weighted by molar-refractivity contribution is 6.31. The van der Waals surface area contributed by atoms with Gasteiger partial charge < -0.3 is 4.74 Å². The maximum atomic E-state index is 11.5. The van der Waals surface area contributed by atoms with Gasteiger partial charge in [0, 0.05) is 11.6 Å². The van der Waals surface area contributed by atoms with E-state index in [-0.39, 0.29) is 5.78 Å². The Balaban J connectivity index is 1.93. The van der Waals surface area contributed by atoms with Gasteiger partial charge in [-0.1, -0.05) is 11.6 Å². The van der Waals surface area contributed by atoms with E-state index in [1.165, 1.54) is 19.8 Å². The highest BCUT2D eigenvalue weighted by atomic mass is 35.5. The van der Waals surface area contributed by atoms with Crippen molar-refractivity contribution in [2.24, 2.45) is 0 Å². The van der Waals surface area contributed by atoms with Crippen LogP contribution in [0.2, 0.25) is 5.02 Å². The molecule has 0 atom stereocenters. The summed E-state index contributed by atoms with van der Waals surface area (Å²) in [6.07, 6.45) is 2.55. The molecule has 1 fully saturated rings. The van der Waals surface area contributed by atoms with Crippen molar-refractivity contribution in [1.29, 1.82) is 0 Å². The molecule has 98 valence electrons. The van der Waals surface area contributed by atoms with Gasteiger partial charge in [-0.15, -0.1) is 0 Å². The van der Waals surface area contributed by atoms with Crippen molar-refractivity contribution in [3.05, 3.63) is 28.8 Å². The first-order valence-electron chi connectivity index (χ1n) is 6.32. The molecule has 0 spiro atoms. The molecule has 1 saturated heterocycles. The Morgan fingerprint density at radius 3 is 2.78 bits per heavy atom. The normalized spacial score (nSPS) is 15.9. The number of likely N-dealkylation sites (tertiary alicyclic amines) is 1. The first-order valence-corrected chi connectivity index (χ1v) is 6.70. The quantitative estimate of drug-likeness (QED) is 0.768. The van der Waals surface area contributed by atoms with Crippen molar-refractivity contribution < 1.29 is 9.53 Å². The molecule has 0 bridgehead atoms. The number of ketones is 1. The largest absolute Gasteiger partial charge is 0.491 e. The molecule has 1 aromatic rings. The van der Waals surface area contributed by atoms with Crippen molar-refractivity contribution >= 4 is 17.4 Å². The van der Waals surface area contributed by atoms with Gasteiger partial charge in [0.2, 0.25) is 0 Å². The van der Waals surface area contributed by atoms with Crippen molar-refractivity contribution in [2.75, 3.05) is 26.2 Å². The number of carbonyl (C=O) groups excluding carboxylic acids is 1. The summed E-state index contributed by atoms with van der Waals surface area (Å²) in [6.45, 7) is 5.37. The molecule has 4 heteroatoms. The van der Waals surface area contributed by atoms with Crippen molar-refractivity contribution in [3.63, 3.8) is 0 Å². The van der Waals surface area contributed by atoms with Gasteiger partial charge >= 0.3 is 0 Å². The third-order valence-corrected chi connectivity index (χ3v) is 3.42. The zero-order valence-electron chi connectivity index (χ0n) is 10.6. The SMILES string of the molecule is CC(=O)c1cc(Cl)ccc1OCCN1CCCC1. The smallest absolute Gasteiger partial charge is 0.163 e. The van der Waals surface area contributed by atoms with Gasteiger partial charge in [-0.25, -0.2) is 0 Å². The molecule has 2 rings (SSSR count). The Morgan fingerprint density at radius 1 is 1.39 bits per heavy atom. The van der Waals surface area contributed by atoms with Crippen LogP contribution in [0.1, 0.15) is 30.1 Å². The summed E-state index contributed by atoms with van der Waals surface area (Å²) >= 11 is 5.88. The van der Waals surface area contributed by atoms with Crippen molar-refractivity contribution in [3.8, 4) is 5.75 Å². The number of nitrogens with zero attached hydrogens (tertiary/aromatic N) is 1. The second kappa shape index (κ2) is 6.21. The zero-order chi connectivity index (χ0) is 13.0. The molecule has 3 nitrogen and oxygen atoms in total. The molecule has 0 aromatic heterocycles. The minimum absolute atomic E-state index is 0.0197. The maximum Gasteiger partial charge on any atom is 0.163 e. The Bertz CT molecular complexity index is 428. The summed E-state index contributed by atoms with van der Waals surface area (Å²) in [7, 11) is 0. The highest BCUT2D eigenvalue weighted by Gasteiger charge is 2.12. The van der Waals surface area contributed by atoms with Crippen molar-refractivity contribution in [2.45, 2.75) is 19.8 Å². The van der Waals surface area contributed by atoms with Crippen LogP contribution in [0.4, 0.5) is 0 Å². The van der Waals surface area contributed by atoms with Crippen LogP contribution in [0.3, 0.4) is 0 Å². The second-order valence-corrected chi connectivity index (χ2v) is 5.03. The molecular formula is C14H18ClNO2. The number of hydrogen-bond acceptors (Lipinski definition) is 3. The van der Waals surface area contributed by atoms with E-state index >= 15 is 0 Å². The highest BCUT2D eigenvalue weighted by Crippen LogP contribution is 2.23. The predicted octanol–water partition coefficient (Wildman–Crippen LogP) is 3.02. The summed E-state index contributed by atoms with van der Waals surface area (Å²) in [5.74, 6) is 0.611. The molecule has 0 saturated carbocycles. The molecule has 1 aliphatic heterocycles. The van der Waals surface area contributed by atoms with Crippen LogP contribution < -0.4 is 4.74 Å². The lowest BCUT2D eigenvalue weighted by Gasteiger charge is -2.16. The van der Waals surface area contributed by atoms with E-state index in [0.717, 1.165) is 19.6 Å². The van der Waals surface area contributed by atoms with Gasteiger partial charge in [-0.2, -0.15) is 0 Å². The lowest BCUT2D eigenvalue weighted by atomic mass is 10.1. The summed E-state index contributed by atoms with van der Waals surface area (Å²) in [6, 6.07) is 5.18. The Hall–Kier alpha value is -1.06. The molecule has 0 N–H and O–H groups in total. The summed E-state index contributed by atoms with van der Waals surface area (Å²) in [5, 5.41) is 0.562. The molecule has 1 aromatic carbocycles. The van der Waals surface area contributed by atoms with Gasteiger partial charge in [-0.3, -0.25) is 9.69 Å². The van der Waals surface area contributed by atoms with Crippen LogP contribution in [0, 0.1) is 0 Å². The predicted molar refractivity (Wildman–Crippen MR) is 72.6 cm³/mol. The fraction of sp³-hybridized carbons (Fsp3) is 0.500. The van der Waals surface area contributed by atoms with Crippen LogP contribution in [0.15, 0.2) is 18.2 Å². The third-order valence-electron chi connectivity index (χ3n) is 3.18. The van der Waals surface area contributed by atoms with Crippen LogP contribution in [-0.2, 0) is 0 Å². The lowest BCUT2D eigenvalue weighted by Crippen LogP contribution is -2.25. The number of Topliss-reactive ketones (excluding diaryl/α,β-unsaturated/α-hetero) is 1. The Morgan fingerprint density at radius 2 is 2.11 bits per heavy atom. The molecule has 1 aliphatic rings. The molecule has 1 heterocycles. The summed E-state index contributed by atoms with van der Waals surface area (Å²) in [5.41, 5.74) is 0.559. The fourth-order valence-electron chi connectivity index (χ4n) is 2.19. The first kappa shape index (κ1) is 13.4. The van der Waals surface area contributed by atoms with Gasteiger partial charge in [0.25, 0.3) is 0 Å². The number of ether oxygens (including phenoxy) is 1. The lowest BCUT2D eigenvalue weighted by molar-refractivity contribution is 0.101. The standard InChI is InChI=1S/C14H18ClNO2/c1-11(17)13-10-12(15)4-5-14(13)18-9-8-16-6-2-3-7-16/h4-5,10H,2-3,6-9H2,1H3. The topological polar surface area (TPSA) is 29.5 Å². The Labute approximate surface area is 113 Å². The third kappa shape index (κ3) is 3.47. The van der Waals surface area contributed by atoms with E-state index in [9.17, 15) is 4.79 Å². The minimum atomic E-state index is -0.0197. The average Bonchev–Trinajstić information content (AvgIpc) is 2.84. The van der Waals surface area contributed by atoms with E-state index in [4.69, 9.17) is 16.3 Å². The van der Waals surface area contributed by atoms with Crippen LogP contribution >= 0.6 is 11.6 Å². The van der Waals surface area contributed by atoms with E-state index in [1.54, 1.807) is 18.2 Å². The monoisotopic (exact) mass is 267 g/mol. The Kier molecular flexibility index (Phi) is 4.61. The molecule has 18 heavy (non-hydrogen) atoms. The van der Waals surface area contributed by atoms with E-state index < -0.39 is 0 Å². The second-order valence-electron chi connectivity index (χ2n) is 4.59. The molecule has 0 unspecified atom stereocenters. The minimum Gasteiger partial charge on any atom is -0.491 e. The fourth-order valence-corrected chi connectivity index (χ4v) is 2.37. The van der Waals surface area contributed by atoms with Crippen LogP contribution in [-0.4, -0.2) is 36.9 Å². The number of benzene rings is 1. The van der Waals surface area contributed by atoms with E-state index in [0.29, 0.717) is 22.9 Å². The van der Waals surface area contributed by atoms with Gasteiger partial charge in [0.05, 0.1) is 5.56 Å². The van der Waals surface area contributed by atoms with Gasteiger partial charge in [0.1, 0.15) is 12.4 Å². The van der Waals surface area contributed by atoms with E-state index in [1.807, 2.05) is 0 Å². The zero-order valence-corrected chi connectivity index (χ0v) is 11.4. The van der Waals surface area contributed by atoms with Gasteiger partial charge in [-0.05, 0) is 51.1 Å². The van der Waals surface area contributed by atoms with Gasteiger partial charge in [0.15, 0.2) is 5.78 Å². The van der Waals surface area contributed by atoms with Crippen LogP contribution in [0.5, 0.6) is 5.75 Å². The van der Waals surface area contributed by atoms with Crippen LogP contribution in [0.25, 0.3) is 0 Å². The number of rotatable bonds is 5. The maximum absolute atomic E-state index is 11.5. The van der Waals surface area contributed by atoms with E-state index in [2.05, 4.69) is 4.90 Å². The molecular weight excluding hydrogens is 250 g/mol. The van der Waals surface area contributed by atoms with Crippen molar-refractivity contribution in [1.82, 2.24) is 4.90 Å². The molecule has 0 amide bonds. The molecule has 0 radical (unpaired) electrons.